The van der Waals surface area contributed by atoms with Crippen LogP contribution in [0.3, 0.4) is 0 Å². The molecule has 0 radical (unpaired) electrons. The fourth-order valence-corrected chi connectivity index (χ4v) is 3.39. The Morgan fingerprint density at radius 2 is 2.00 bits per heavy atom. The molecule has 1 saturated heterocycles. The summed E-state index contributed by atoms with van der Waals surface area (Å²) in [7, 11) is 0. The van der Waals surface area contributed by atoms with Crippen molar-refractivity contribution in [1.82, 2.24) is 5.32 Å². The molecule has 0 aliphatic carbocycles. The molecule has 1 fully saturated rings. The van der Waals surface area contributed by atoms with E-state index in [4.69, 9.17) is 15.2 Å². The molecule has 0 aromatic carbocycles. The van der Waals surface area contributed by atoms with Crippen LogP contribution < -0.4 is 11.1 Å². The maximum atomic E-state index is 11.3. The van der Waals surface area contributed by atoms with Crippen LogP contribution in [0.4, 0.5) is 4.79 Å². The average molecular weight is 388 g/mol. The minimum atomic E-state index is -1.12. The maximum absolute atomic E-state index is 11.3. The van der Waals surface area contributed by atoms with Gasteiger partial charge in [0.05, 0.1) is 6.61 Å². The molecule has 8 heteroatoms. The van der Waals surface area contributed by atoms with E-state index in [2.05, 4.69) is 24.3 Å². The molecule has 1 amide bonds. The number of amidine groups is 1. The van der Waals surface area contributed by atoms with Crippen molar-refractivity contribution in [3.8, 4) is 0 Å². The van der Waals surface area contributed by atoms with Crippen LogP contribution in [0.5, 0.6) is 0 Å². The summed E-state index contributed by atoms with van der Waals surface area (Å²) in [5, 5.41) is 24.1. The molecular weight excluding hydrogens is 350 g/mol. The molecule has 158 valence electrons. The van der Waals surface area contributed by atoms with Crippen molar-refractivity contribution in [3.05, 3.63) is 0 Å². The molecule has 0 saturated carbocycles. The van der Waals surface area contributed by atoms with Crippen molar-refractivity contribution >= 4 is 11.9 Å². The second-order valence-electron chi connectivity index (χ2n) is 9.23. The summed E-state index contributed by atoms with van der Waals surface area (Å²) in [6.45, 7) is 11.3. The second kappa shape index (κ2) is 10.1. The van der Waals surface area contributed by atoms with Crippen LogP contribution in [0.25, 0.3) is 0 Å². The van der Waals surface area contributed by atoms with Gasteiger partial charge in [-0.05, 0) is 42.9 Å². The van der Waals surface area contributed by atoms with Crippen molar-refractivity contribution in [3.63, 3.8) is 0 Å². The molecule has 3 atom stereocenters. The summed E-state index contributed by atoms with van der Waals surface area (Å²) in [6, 6.07) is -0.482. The van der Waals surface area contributed by atoms with E-state index in [0.717, 1.165) is 32.3 Å². The van der Waals surface area contributed by atoms with Crippen LogP contribution in [0.15, 0.2) is 5.16 Å². The highest BCUT2D eigenvalue weighted by molar-refractivity contribution is 5.83. The molecule has 0 aromatic rings. The first-order chi connectivity index (χ1) is 12.5. The number of oxime groups is 1. The second-order valence-corrected chi connectivity index (χ2v) is 9.23. The first kappa shape index (κ1) is 23.5. The number of carbonyl (C=O) groups is 1. The normalized spacial score (nSPS) is 21.5. The van der Waals surface area contributed by atoms with Gasteiger partial charge in [-0.2, -0.15) is 0 Å². The predicted octanol–water partition coefficient (Wildman–Crippen LogP) is 3.38. The minimum Gasteiger partial charge on any atom is -0.465 e. The van der Waals surface area contributed by atoms with Crippen LogP contribution in [0.1, 0.15) is 66.7 Å². The van der Waals surface area contributed by atoms with E-state index in [1.807, 2.05) is 20.8 Å². The third kappa shape index (κ3) is 8.34. The van der Waals surface area contributed by atoms with E-state index in [1.54, 1.807) is 0 Å². The Hall–Kier alpha value is -1.54. The van der Waals surface area contributed by atoms with Crippen LogP contribution in [0, 0.1) is 16.7 Å². The highest BCUT2D eigenvalue weighted by Crippen LogP contribution is 2.33. The van der Waals surface area contributed by atoms with Crippen molar-refractivity contribution < 1.29 is 24.6 Å². The molecule has 0 aromatic heterocycles. The zero-order chi connectivity index (χ0) is 20.7. The molecular formula is C19H37N3O5. The lowest BCUT2D eigenvalue weighted by molar-refractivity contribution is -0.176. The Labute approximate surface area is 162 Å². The lowest BCUT2D eigenvalue weighted by Gasteiger charge is -2.38. The van der Waals surface area contributed by atoms with Gasteiger partial charge in [0, 0.05) is 18.6 Å². The molecule has 1 heterocycles. The summed E-state index contributed by atoms with van der Waals surface area (Å²) in [5.74, 6) is -0.382. The number of nitrogens with two attached hydrogens (primary N) is 1. The number of ether oxygens (including phenoxy) is 2. The standard InChI is InChI=1S/C19H37N3O5/c1-18(2,3)15(21-17(23)24)13(16(20)22-25)9-10-19(4,5)12-27-14-8-6-7-11-26-14/h13-15,21,25H,6-12H2,1-5H3,(H2,20,22)(H,23,24). The first-order valence-electron chi connectivity index (χ1n) is 9.66. The van der Waals surface area contributed by atoms with E-state index >= 15 is 0 Å². The van der Waals surface area contributed by atoms with E-state index in [1.165, 1.54) is 0 Å². The number of nitrogens with one attached hydrogen (secondary N) is 1. The Morgan fingerprint density at radius 3 is 2.48 bits per heavy atom. The van der Waals surface area contributed by atoms with E-state index in [0.29, 0.717) is 13.0 Å². The minimum absolute atomic E-state index is 0.0380. The number of nitrogens with zero attached hydrogens (tertiary/aromatic N) is 1. The van der Waals surface area contributed by atoms with Gasteiger partial charge in [-0.15, -0.1) is 0 Å². The molecule has 1 aliphatic rings. The third-order valence-corrected chi connectivity index (χ3v) is 5.04. The van der Waals surface area contributed by atoms with E-state index < -0.39 is 23.5 Å². The van der Waals surface area contributed by atoms with Crippen LogP contribution in [0.2, 0.25) is 0 Å². The monoisotopic (exact) mass is 387 g/mol. The van der Waals surface area contributed by atoms with E-state index in [-0.39, 0.29) is 17.5 Å². The third-order valence-electron chi connectivity index (χ3n) is 5.04. The van der Waals surface area contributed by atoms with Gasteiger partial charge < -0.3 is 30.8 Å². The summed E-state index contributed by atoms with van der Waals surface area (Å²) in [6.07, 6.45) is 3.14. The lowest BCUT2D eigenvalue weighted by atomic mass is 9.74. The van der Waals surface area contributed by atoms with E-state index in [9.17, 15) is 15.1 Å². The largest absolute Gasteiger partial charge is 0.465 e. The molecule has 1 rings (SSSR count). The van der Waals surface area contributed by atoms with Gasteiger partial charge in [0.1, 0.15) is 5.84 Å². The van der Waals surface area contributed by atoms with Crippen molar-refractivity contribution in [1.29, 1.82) is 0 Å². The topological polar surface area (TPSA) is 126 Å². The lowest BCUT2D eigenvalue weighted by Crippen LogP contribution is -2.52. The number of carboxylic acid groups (broad SMARTS) is 1. The molecule has 0 bridgehead atoms. The van der Waals surface area contributed by atoms with Crippen molar-refractivity contribution in [2.75, 3.05) is 13.2 Å². The summed E-state index contributed by atoms with van der Waals surface area (Å²) >= 11 is 0. The maximum Gasteiger partial charge on any atom is 0.404 e. The SMILES string of the molecule is CC(C)(CCC(/C(N)=N\O)C(NC(=O)O)C(C)(C)C)COC1CCCCO1. The van der Waals surface area contributed by atoms with Crippen LogP contribution in [-0.2, 0) is 9.47 Å². The highest BCUT2D eigenvalue weighted by Gasteiger charge is 2.37. The van der Waals surface area contributed by atoms with Gasteiger partial charge in [0.25, 0.3) is 0 Å². The van der Waals surface area contributed by atoms with Gasteiger partial charge in [0.2, 0.25) is 0 Å². The predicted molar refractivity (Wildman–Crippen MR) is 104 cm³/mol. The Bertz CT molecular complexity index is 496. The Morgan fingerprint density at radius 1 is 1.33 bits per heavy atom. The van der Waals surface area contributed by atoms with Gasteiger partial charge in [-0.1, -0.05) is 39.8 Å². The van der Waals surface area contributed by atoms with Crippen LogP contribution in [-0.4, -0.2) is 47.8 Å². The fourth-order valence-electron chi connectivity index (χ4n) is 3.39. The molecule has 27 heavy (non-hydrogen) atoms. The summed E-state index contributed by atoms with van der Waals surface area (Å²) < 4.78 is 11.5. The van der Waals surface area contributed by atoms with Crippen molar-refractivity contribution in [2.45, 2.75) is 79.1 Å². The first-order valence-corrected chi connectivity index (χ1v) is 9.66. The molecule has 5 N–H and O–H groups in total. The molecule has 8 nitrogen and oxygen atoms in total. The Kier molecular flexibility index (Phi) is 8.81. The zero-order valence-electron chi connectivity index (χ0n) is 17.3. The number of hydrogen-bond acceptors (Lipinski definition) is 5. The van der Waals surface area contributed by atoms with Gasteiger partial charge in [-0.3, -0.25) is 0 Å². The van der Waals surface area contributed by atoms with Crippen LogP contribution >= 0.6 is 0 Å². The highest BCUT2D eigenvalue weighted by atomic mass is 16.7. The summed E-state index contributed by atoms with van der Waals surface area (Å²) in [5.41, 5.74) is 5.38. The molecule has 3 unspecified atom stereocenters. The smallest absolute Gasteiger partial charge is 0.404 e. The number of amides is 1. The summed E-state index contributed by atoms with van der Waals surface area (Å²) in [4.78, 5) is 11.3. The van der Waals surface area contributed by atoms with Gasteiger partial charge in [-0.25, -0.2) is 4.79 Å². The Balaban J connectivity index is 2.75. The van der Waals surface area contributed by atoms with Gasteiger partial charge in [0.15, 0.2) is 6.29 Å². The van der Waals surface area contributed by atoms with Crippen molar-refractivity contribution in [2.24, 2.45) is 27.6 Å². The number of rotatable bonds is 9. The zero-order valence-corrected chi connectivity index (χ0v) is 17.3. The average Bonchev–Trinajstić information content (AvgIpc) is 2.58. The molecule has 0 spiro atoms. The fraction of sp³-hybridized carbons (Fsp3) is 0.895. The number of hydrogen-bond donors (Lipinski definition) is 4. The van der Waals surface area contributed by atoms with Gasteiger partial charge >= 0.3 is 6.09 Å². The quantitative estimate of drug-likeness (QED) is 0.208. The molecule has 1 aliphatic heterocycles.